The fourth-order valence-corrected chi connectivity index (χ4v) is 6.84. The van der Waals surface area contributed by atoms with E-state index >= 15 is 0 Å². The summed E-state index contributed by atoms with van der Waals surface area (Å²) in [6.45, 7) is 4.37. The second kappa shape index (κ2) is 11.5. The predicted molar refractivity (Wildman–Crippen MR) is 149 cm³/mol. The maximum atomic E-state index is 10.1. The third-order valence-electron chi connectivity index (χ3n) is 7.25. The van der Waals surface area contributed by atoms with Crippen molar-refractivity contribution in [2.75, 3.05) is 6.54 Å². The van der Waals surface area contributed by atoms with Gasteiger partial charge in [-0.15, -0.1) is 0 Å². The molecule has 0 spiro atoms. The van der Waals surface area contributed by atoms with E-state index < -0.39 is 0 Å². The summed E-state index contributed by atoms with van der Waals surface area (Å²) in [4.78, 5) is 0. The van der Waals surface area contributed by atoms with Crippen LogP contribution in [0.4, 0.5) is 0 Å². The van der Waals surface area contributed by atoms with Gasteiger partial charge in [0.05, 0.1) is 0 Å². The van der Waals surface area contributed by atoms with E-state index in [1.165, 1.54) is 76.2 Å². The Morgan fingerprint density at radius 3 is 2.37 bits per heavy atom. The molecule has 1 heterocycles. The molecular weight excluding hydrogens is 495 g/mol. The number of nitrogens with one attached hydrogen (secondary N) is 1. The normalized spacial score (nSPS) is 13.9. The third kappa shape index (κ3) is 5.83. The van der Waals surface area contributed by atoms with Crippen LogP contribution in [0, 0.1) is 6.92 Å². The number of benzene rings is 3. The predicted octanol–water partition coefficient (Wildman–Crippen LogP) is 5.68. The van der Waals surface area contributed by atoms with Crippen molar-refractivity contribution in [2.45, 2.75) is 64.5 Å². The molecule has 182 valence electrons. The van der Waals surface area contributed by atoms with Crippen LogP contribution in [-0.4, -0.2) is 37.2 Å². The zero-order valence-corrected chi connectivity index (χ0v) is 22.4. The molecule has 2 N–H and O–H groups in total. The fourth-order valence-electron chi connectivity index (χ4n) is 5.09. The molecule has 0 bridgehead atoms. The Bertz CT molecular complexity index is 1240. The first-order chi connectivity index (χ1) is 17.2. The number of hydrogen-bond donors (Lipinski definition) is 2. The first kappa shape index (κ1) is 24.2. The number of rotatable bonds is 11. The van der Waals surface area contributed by atoms with Crippen molar-refractivity contribution in [3.8, 4) is 17.0 Å². The van der Waals surface area contributed by atoms with Gasteiger partial charge in [-0.1, -0.05) is 6.42 Å². The second-order valence-electron chi connectivity index (χ2n) is 9.76. The van der Waals surface area contributed by atoms with Gasteiger partial charge in [-0.25, -0.2) is 0 Å². The number of nitrogens with zero attached hydrogens (tertiary/aromatic N) is 1. The van der Waals surface area contributed by atoms with Crippen molar-refractivity contribution in [3.63, 3.8) is 0 Å². The molecule has 4 aromatic rings. The number of unbranched alkanes of at least 4 members (excludes halogenated alkanes) is 3. The molecule has 0 radical (unpaired) electrons. The van der Waals surface area contributed by atoms with Gasteiger partial charge in [0, 0.05) is 6.04 Å². The number of aryl methyl sites for hydroxylation is 2. The van der Waals surface area contributed by atoms with E-state index in [0.717, 1.165) is 24.5 Å². The van der Waals surface area contributed by atoms with Crippen LogP contribution in [0.1, 0.15) is 50.5 Å². The van der Waals surface area contributed by atoms with E-state index in [9.17, 15) is 5.11 Å². The summed E-state index contributed by atoms with van der Waals surface area (Å²) in [6.07, 6.45) is 9.12. The number of fused-ring (bicyclic) bond motifs is 1. The summed E-state index contributed by atoms with van der Waals surface area (Å²) in [7, 11) is 0. The molecule has 1 aliphatic carbocycles. The number of hydrogen-bond acceptors (Lipinski definition) is 2. The molecule has 35 heavy (non-hydrogen) atoms. The zero-order chi connectivity index (χ0) is 24.0. The van der Waals surface area contributed by atoms with E-state index in [0.29, 0.717) is 20.7 Å². The van der Waals surface area contributed by atoms with Gasteiger partial charge in [0.2, 0.25) is 0 Å². The third-order valence-corrected chi connectivity index (χ3v) is 9.38. The fraction of sp³-hybridized carbons (Fsp3) is 0.355. The van der Waals surface area contributed by atoms with Crippen LogP contribution in [0.2, 0.25) is 0 Å². The summed E-state index contributed by atoms with van der Waals surface area (Å²) in [5, 5.41) is 15.0. The van der Waals surface area contributed by atoms with Gasteiger partial charge in [0.15, 0.2) is 0 Å². The van der Waals surface area contributed by atoms with Crippen molar-refractivity contribution in [1.82, 2.24) is 9.88 Å². The summed E-state index contributed by atoms with van der Waals surface area (Å²) in [5.41, 5.74) is 5.02. The van der Waals surface area contributed by atoms with Gasteiger partial charge in [-0.3, -0.25) is 0 Å². The Labute approximate surface area is 215 Å². The molecule has 1 fully saturated rings. The molecule has 0 saturated heterocycles. The molecule has 0 aliphatic heterocycles. The van der Waals surface area contributed by atoms with E-state index in [-0.39, 0.29) is 0 Å². The summed E-state index contributed by atoms with van der Waals surface area (Å²) < 4.78 is 5.27. The molecule has 5 rings (SSSR count). The molecule has 3 aromatic carbocycles. The van der Waals surface area contributed by atoms with Crippen LogP contribution in [0.25, 0.3) is 22.2 Å². The second-order valence-corrected chi connectivity index (χ2v) is 12.2. The standard InChI is InChI=1S/C31H36N2OSe/c1-23-29-22-26(34)16-19-30(29)33(21-8-3-2-7-20-32-25-10-9-11-25)31(23)24-14-17-28(18-15-24)35-27-12-5-4-6-13-27/h4-6,12-19,22,25,32,34H,2-3,7-11,20-21H2,1H3. The van der Waals surface area contributed by atoms with Gasteiger partial charge in [0.25, 0.3) is 0 Å². The van der Waals surface area contributed by atoms with Crippen LogP contribution >= 0.6 is 0 Å². The first-order valence-electron chi connectivity index (χ1n) is 13.1. The summed E-state index contributed by atoms with van der Waals surface area (Å²) in [6, 6.07) is 26.5. The number of aromatic hydroxyl groups is 1. The van der Waals surface area contributed by atoms with Crippen LogP contribution in [-0.2, 0) is 6.54 Å². The molecule has 1 saturated carbocycles. The van der Waals surface area contributed by atoms with Gasteiger partial charge in [-0.2, -0.15) is 0 Å². The Kier molecular flexibility index (Phi) is 7.93. The molecule has 0 amide bonds. The van der Waals surface area contributed by atoms with Crippen LogP contribution < -0.4 is 14.2 Å². The van der Waals surface area contributed by atoms with E-state index in [1.54, 1.807) is 0 Å². The molecule has 1 aliphatic rings. The van der Waals surface area contributed by atoms with E-state index in [2.05, 4.69) is 77.5 Å². The maximum absolute atomic E-state index is 10.1. The summed E-state index contributed by atoms with van der Waals surface area (Å²) in [5.74, 6) is 0.337. The Morgan fingerprint density at radius 2 is 1.63 bits per heavy atom. The average Bonchev–Trinajstić information content (AvgIpc) is 3.11. The van der Waals surface area contributed by atoms with Gasteiger partial charge in [0.1, 0.15) is 0 Å². The van der Waals surface area contributed by atoms with Gasteiger partial charge < -0.3 is 5.32 Å². The molecular formula is C31H36N2OSe. The molecule has 0 unspecified atom stereocenters. The van der Waals surface area contributed by atoms with E-state index in [1.807, 2.05) is 12.1 Å². The number of aromatic nitrogens is 1. The number of phenols is 1. The molecule has 4 heteroatoms. The molecule has 3 nitrogen and oxygen atoms in total. The zero-order valence-electron chi connectivity index (χ0n) is 20.7. The topological polar surface area (TPSA) is 37.2 Å². The van der Waals surface area contributed by atoms with Crippen molar-refractivity contribution < 1.29 is 5.11 Å². The molecule has 0 atom stereocenters. The minimum atomic E-state index is 0.320. The molecule has 1 aromatic heterocycles. The van der Waals surface area contributed by atoms with Crippen molar-refractivity contribution in [1.29, 1.82) is 0 Å². The van der Waals surface area contributed by atoms with Crippen molar-refractivity contribution in [3.05, 3.63) is 78.4 Å². The Hall–Kier alpha value is -2.52. The van der Waals surface area contributed by atoms with Crippen molar-refractivity contribution in [2.24, 2.45) is 0 Å². The Balaban J connectivity index is 1.30. The monoisotopic (exact) mass is 532 g/mol. The quantitative estimate of drug-likeness (QED) is 0.193. The van der Waals surface area contributed by atoms with Crippen LogP contribution in [0.15, 0.2) is 72.8 Å². The van der Waals surface area contributed by atoms with Crippen molar-refractivity contribution >= 4 is 34.8 Å². The first-order valence-corrected chi connectivity index (χ1v) is 14.8. The average molecular weight is 532 g/mol. The number of phenolic OH excluding ortho intramolecular Hbond substituents is 1. The van der Waals surface area contributed by atoms with E-state index in [4.69, 9.17) is 0 Å². The SMILES string of the molecule is Cc1c(-c2ccc([Se]c3ccccc3)cc2)n(CCCCCCNC2CCC2)c2ccc(O)cc12. The van der Waals surface area contributed by atoms with Crippen LogP contribution in [0.3, 0.4) is 0 Å². The minimum absolute atomic E-state index is 0.320. The van der Waals surface area contributed by atoms with Crippen LogP contribution in [0.5, 0.6) is 5.75 Å². The van der Waals surface area contributed by atoms with Gasteiger partial charge >= 0.3 is 186 Å². The van der Waals surface area contributed by atoms with Gasteiger partial charge in [-0.05, 0) is 12.8 Å². The summed E-state index contributed by atoms with van der Waals surface area (Å²) >= 11 is 0.320. The Morgan fingerprint density at radius 1 is 0.886 bits per heavy atom.